The summed E-state index contributed by atoms with van der Waals surface area (Å²) in [6, 6.07) is -0.0930. The molecule has 1 atom stereocenters. The van der Waals surface area contributed by atoms with Crippen molar-refractivity contribution in [1.82, 2.24) is 24.4 Å². The Kier molecular flexibility index (Phi) is 6.35. The topological polar surface area (TPSA) is 102 Å². The Hall–Kier alpha value is -2.23. The highest BCUT2D eigenvalue weighted by atomic mass is 79.9. The fourth-order valence-electron chi connectivity index (χ4n) is 3.51. The molecule has 0 aliphatic carbocycles. The number of amides is 1. The molecule has 0 spiro atoms. The van der Waals surface area contributed by atoms with Gasteiger partial charge in [0.25, 0.3) is 5.56 Å². The summed E-state index contributed by atoms with van der Waals surface area (Å²) in [6.07, 6.45) is 1.14. The molecule has 2 aromatic rings. The van der Waals surface area contributed by atoms with Crippen LogP contribution in [0.3, 0.4) is 0 Å². The van der Waals surface area contributed by atoms with Gasteiger partial charge >= 0.3 is 6.09 Å². The van der Waals surface area contributed by atoms with E-state index in [0.29, 0.717) is 35.9 Å². The van der Waals surface area contributed by atoms with Gasteiger partial charge in [-0.05, 0) is 70.3 Å². The van der Waals surface area contributed by atoms with Gasteiger partial charge in [-0.3, -0.25) is 9.36 Å². The van der Waals surface area contributed by atoms with E-state index in [1.807, 2.05) is 41.5 Å². The fraction of sp³-hybridized carbons (Fsp3) is 0.650. The molecule has 1 aliphatic heterocycles. The smallest absolute Gasteiger partial charge is 0.410 e. The molecule has 1 amide bonds. The third-order valence-electron chi connectivity index (χ3n) is 4.70. The zero-order valence-electron chi connectivity index (χ0n) is 18.3. The van der Waals surface area contributed by atoms with Crippen LogP contribution >= 0.6 is 15.9 Å². The molecule has 1 aliphatic rings. The Morgan fingerprint density at radius 3 is 2.60 bits per heavy atom. The second-order valence-electron chi connectivity index (χ2n) is 8.90. The molecule has 1 fully saturated rings. The lowest BCUT2D eigenvalue weighted by atomic mass is 10.1. The van der Waals surface area contributed by atoms with E-state index in [1.165, 1.54) is 0 Å². The molecule has 9 nitrogen and oxygen atoms in total. The first-order valence-electron chi connectivity index (χ1n) is 10.2. The summed E-state index contributed by atoms with van der Waals surface area (Å²) in [5, 5.41) is 3.19. The number of carbonyl (C=O) groups is 1. The van der Waals surface area contributed by atoms with Crippen molar-refractivity contribution in [3.05, 3.63) is 20.7 Å². The number of hydrogen-bond acceptors (Lipinski definition) is 7. The number of piperidine rings is 1. The van der Waals surface area contributed by atoms with E-state index >= 15 is 0 Å². The SMILES string of the molecule is Cc1nc(NC(C)C)nc2c1nc(Br)c(=O)n2C1CCCN(C(=O)OC(C)(C)C)C1. The predicted molar refractivity (Wildman–Crippen MR) is 119 cm³/mol. The van der Waals surface area contributed by atoms with Crippen LogP contribution in [-0.4, -0.2) is 55.2 Å². The molecule has 30 heavy (non-hydrogen) atoms. The maximum Gasteiger partial charge on any atom is 0.410 e. The van der Waals surface area contributed by atoms with Gasteiger partial charge in [-0.2, -0.15) is 4.98 Å². The maximum atomic E-state index is 13.1. The van der Waals surface area contributed by atoms with Gasteiger partial charge in [0.2, 0.25) is 5.95 Å². The van der Waals surface area contributed by atoms with E-state index in [-0.39, 0.29) is 28.3 Å². The molecule has 1 N–H and O–H groups in total. The van der Waals surface area contributed by atoms with Crippen molar-refractivity contribution < 1.29 is 9.53 Å². The molecular formula is C20H29BrN6O3. The van der Waals surface area contributed by atoms with Crippen LogP contribution in [0, 0.1) is 6.92 Å². The van der Waals surface area contributed by atoms with Gasteiger partial charge in [0.15, 0.2) is 10.3 Å². The van der Waals surface area contributed by atoms with Crippen molar-refractivity contribution in [3.63, 3.8) is 0 Å². The second kappa shape index (κ2) is 8.49. The van der Waals surface area contributed by atoms with Crippen LogP contribution in [0.4, 0.5) is 10.7 Å². The number of carbonyl (C=O) groups excluding carboxylic acids is 1. The van der Waals surface area contributed by atoms with E-state index in [0.717, 1.165) is 12.8 Å². The number of likely N-dealkylation sites (tertiary alicyclic amines) is 1. The molecule has 2 aromatic heterocycles. The zero-order valence-corrected chi connectivity index (χ0v) is 19.9. The summed E-state index contributed by atoms with van der Waals surface area (Å²) < 4.78 is 7.38. The predicted octanol–water partition coefficient (Wildman–Crippen LogP) is 3.65. The number of anilines is 1. The first-order valence-corrected chi connectivity index (χ1v) is 11.0. The van der Waals surface area contributed by atoms with Crippen LogP contribution in [0.2, 0.25) is 0 Å². The van der Waals surface area contributed by atoms with Crippen LogP contribution < -0.4 is 10.9 Å². The van der Waals surface area contributed by atoms with E-state index in [1.54, 1.807) is 9.47 Å². The van der Waals surface area contributed by atoms with Crippen LogP contribution in [0.25, 0.3) is 11.2 Å². The van der Waals surface area contributed by atoms with Crippen molar-refractivity contribution >= 4 is 39.1 Å². The lowest BCUT2D eigenvalue weighted by Gasteiger charge is -2.35. The Labute approximate surface area is 184 Å². The number of fused-ring (bicyclic) bond motifs is 1. The van der Waals surface area contributed by atoms with Gasteiger partial charge in [0.05, 0.1) is 11.7 Å². The Balaban J connectivity index is 2.05. The number of nitrogens with one attached hydrogen (secondary N) is 1. The quantitative estimate of drug-likeness (QED) is 0.714. The molecular weight excluding hydrogens is 452 g/mol. The first-order chi connectivity index (χ1) is 14.0. The van der Waals surface area contributed by atoms with Crippen molar-refractivity contribution in [2.24, 2.45) is 0 Å². The van der Waals surface area contributed by atoms with Crippen molar-refractivity contribution in [2.75, 3.05) is 18.4 Å². The number of hydrogen-bond donors (Lipinski definition) is 1. The molecule has 0 saturated carbocycles. The Morgan fingerprint density at radius 2 is 1.97 bits per heavy atom. The molecule has 0 aromatic carbocycles. The number of rotatable bonds is 3. The largest absolute Gasteiger partial charge is 0.444 e. The summed E-state index contributed by atoms with van der Waals surface area (Å²) in [7, 11) is 0. The summed E-state index contributed by atoms with van der Waals surface area (Å²) in [6.45, 7) is 12.3. The zero-order chi connectivity index (χ0) is 22.2. The lowest BCUT2D eigenvalue weighted by Crippen LogP contribution is -2.45. The third-order valence-corrected chi connectivity index (χ3v) is 5.22. The minimum Gasteiger partial charge on any atom is -0.444 e. The second-order valence-corrected chi connectivity index (χ2v) is 9.66. The minimum absolute atomic E-state index is 0.141. The maximum absolute atomic E-state index is 13.1. The molecule has 0 bridgehead atoms. The highest BCUT2D eigenvalue weighted by Gasteiger charge is 2.30. The minimum atomic E-state index is -0.574. The highest BCUT2D eigenvalue weighted by Crippen LogP contribution is 2.26. The van der Waals surface area contributed by atoms with Gasteiger partial charge < -0.3 is 15.0 Å². The molecule has 0 radical (unpaired) electrons. The molecule has 1 saturated heterocycles. The number of aryl methyl sites for hydroxylation is 1. The number of nitrogens with zero attached hydrogens (tertiary/aromatic N) is 5. The fourth-order valence-corrected chi connectivity index (χ4v) is 3.88. The molecule has 3 heterocycles. The van der Waals surface area contributed by atoms with Crippen LogP contribution in [0.1, 0.15) is 59.2 Å². The average Bonchev–Trinajstić information content (AvgIpc) is 2.62. The molecule has 1 unspecified atom stereocenters. The van der Waals surface area contributed by atoms with Crippen molar-refractivity contribution in [2.45, 2.75) is 72.1 Å². The van der Waals surface area contributed by atoms with E-state index in [9.17, 15) is 9.59 Å². The summed E-state index contributed by atoms with van der Waals surface area (Å²) in [5.74, 6) is 0.451. The normalized spacial score (nSPS) is 17.5. The molecule has 10 heteroatoms. The van der Waals surface area contributed by atoms with Crippen LogP contribution in [0.5, 0.6) is 0 Å². The van der Waals surface area contributed by atoms with Gasteiger partial charge in [-0.25, -0.2) is 14.8 Å². The molecule has 164 valence electrons. The summed E-state index contributed by atoms with van der Waals surface area (Å²) >= 11 is 3.29. The third kappa shape index (κ3) is 4.91. The summed E-state index contributed by atoms with van der Waals surface area (Å²) in [4.78, 5) is 40.8. The van der Waals surface area contributed by atoms with Gasteiger partial charge in [0.1, 0.15) is 11.1 Å². The van der Waals surface area contributed by atoms with Crippen LogP contribution in [-0.2, 0) is 4.74 Å². The monoisotopic (exact) mass is 480 g/mol. The summed E-state index contributed by atoms with van der Waals surface area (Å²) in [5.41, 5.74) is 0.860. The standard InChI is InChI=1S/C20H29BrN6O3/c1-11(2)22-18-23-12(3)14-16(25-18)27(17(28)15(21)24-14)13-8-7-9-26(10-13)19(29)30-20(4,5)6/h11,13H,7-10H2,1-6H3,(H,22,23,25). The van der Waals surface area contributed by atoms with Gasteiger partial charge in [0, 0.05) is 19.1 Å². The van der Waals surface area contributed by atoms with Crippen LogP contribution in [0.15, 0.2) is 9.40 Å². The first kappa shape index (κ1) is 22.5. The van der Waals surface area contributed by atoms with Gasteiger partial charge in [-0.1, -0.05) is 0 Å². The van der Waals surface area contributed by atoms with Crippen molar-refractivity contribution in [3.8, 4) is 0 Å². The average molecular weight is 481 g/mol. The molecule has 3 rings (SSSR count). The van der Waals surface area contributed by atoms with Crippen molar-refractivity contribution in [1.29, 1.82) is 0 Å². The Morgan fingerprint density at radius 1 is 1.27 bits per heavy atom. The van der Waals surface area contributed by atoms with E-state index < -0.39 is 5.60 Å². The number of aromatic nitrogens is 4. The van der Waals surface area contributed by atoms with Gasteiger partial charge in [-0.15, -0.1) is 0 Å². The Bertz CT molecular complexity index is 1010. The van der Waals surface area contributed by atoms with E-state index in [2.05, 4.69) is 36.2 Å². The highest BCUT2D eigenvalue weighted by molar-refractivity contribution is 9.10. The van der Waals surface area contributed by atoms with E-state index in [4.69, 9.17) is 4.74 Å². The number of halogens is 1. The number of ether oxygens (including phenoxy) is 1. The lowest BCUT2D eigenvalue weighted by molar-refractivity contribution is 0.0172.